The van der Waals surface area contributed by atoms with Gasteiger partial charge in [-0.05, 0) is 37.8 Å². The number of ether oxygens (including phenoxy) is 2. The highest BCUT2D eigenvalue weighted by molar-refractivity contribution is 5.79. The molecule has 5 heteroatoms. The van der Waals surface area contributed by atoms with Crippen LogP contribution in [-0.2, 0) is 0 Å². The Hall–Kier alpha value is -1.91. The fraction of sp³-hybridized carbons (Fsp3) is 0.611. The lowest BCUT2D eigenvalue weighted by Gasteiger charge is -2.19. The SMILES string of the molecule is CN=C(NCCCC1CC1)NCC(C)Oc1ccccc1OC. The van der Waals surface area contributed by atoms with Crippen molar-refractivity contribution >= 4 is 5.96 Å². The molecule has 1 saturated carbocycles. The number of benzene rings is 1. The van der Waals surface area contributed by atoms with E-state index in [-0.39, 0.29) is 6.10 Å². The molecule has 5 nitrogen and oxygen atoms in total. The predicted octanol–water partition coefficient (Wildman–Crippen LogP) is 2.82. The second kappa shape index (κ2) is 9.28. The van der Waals surface area contributed by atoms with E-state index in [0.29, 0.717) is 6.54 Å². The summed E-state index contributed by atoms with van der Waals surface area (Å²) < 4.78 is 11.2. The quantitative estimate of drug-likeness (QED) is 0.417. The van der Waals surface area contributed by atoms with E-state index in [1.165, 1.54) is 25.7 Å². The second-order valence-corrected chi connectivity index (χ2v) is 6.04. The molecular weight excluding hydrogens is 290 g/mol. The van der Waals surface area contributed by atoms with Crippen molar-refractivity contribution in [3.8, 4) is 11.5 Å². The lowest BCUT2D eigenvalue weighted by atomic mass is 10.2. The van der Waals surface area contributed by atoms with Crippen LogP contribution in [0.1, 0.15) is 32.6 Å². The summed E-state index contributed by atoms with van der Waals surface area (Å²) in [5, 5.41) is 6.66. The minimum absolute atomic E-state index is 0.0105. The number of methoxy groups -OCH3 is 1. The molecule has 0 heterocycles. The lowest BCUT2D eigenvalue weighted by molar-refractivity contribution is 0.213. The summed E-state index contributed by atoms with van der Waals surface area (Å²) in [6, 6.07) is 7.69. The molecule has 0 amide bonds. The first-order chi connectivity index (χ1) is 11.2. The third-order valence-electron chi connectivity index (χ3n) is 3.96. The Labute approximate surface area is 139 Å². The Morgan fingerprint density at radius 1 is 1.26 bits per heavy atom. The number of aliphatic imine (C=N–C) groups is 1. The van der Waals surface area contributed by atoms with Gasteiger partial charge in [-0.1, -0.05) is 25.0 Å². The summed E-state index contributed by atoms with van der Waals surface area (Å²) in [6.07, 6.45) is 5.39. The minimum Gasteiger partial charge on any atom is -0.493 e. The highest BCUT2D eigenvalue weighted by Gasteiger charge is 2.20. The maximum absolute atomic E-state index is 5.93. The number of hydrogen-bond acceptors (Lipinski definition) is 3. The largest absolute Gasteiger partial charge is 0.493 e. The van der Waals surface area contributed by atoms with Gasteiger partial charge in [0.1, 0.15) is 6.10 Å². The molecule has 0 spiro atoms. The molecule has 1 atom stereocenters. The normalized spacial score (nSPS) is 15.9. The van der Waals surface area contributed by atoms with E-state index in [1.807, 2.05) is 31.2 Å². The maximum Gasteiger partial charge on any atom is 0.191 e. The zero-order valence-corrected chi connectivity index (χ0v) is 14.5. The summed E-state index contributed by atoms with van der Waals surface area (Å²) in [7, 11) is 3.44. The summed E-state index contributed by atoms with van der Waals surface area (Å²) >= 11 is 0. The van der Waals surface area contributed by atoms with Crippen LogP contribution in [0.2, 0.25) is 0 Å². The third-order valence-corrected chi connectivity index (χ3v) is 3.96. The topological polar surface area (TPSA) is 54.9 Å². The van der Waals surface area contributed by atoms with Crippen LogP contribution in [-0.4, -0.2) is 39.3 Å². The van der Waals surface area contributed by atoms with E-state index in [0.717, 1.165) is 29.9 Å². The fourth-order valence-corrected chi connectivity index (χ4v) is 2.44. The van der Waals surface area contributed by atoms with Gasteiger partial charge in [-0.25, -0.2) is 0 Å². The predicted molar refractivity (Wildman–Crippen MR) is 94.4 cm³/mol. The van der Waals surface area contributed by atoms with E-state index in [2.05, 4.69) is 15.6 Å². The van der Waals surface area contributed by atoms with Crippen molar-refractivity contribution in [2.24, 2.45) is 10.9 Å². The number of guanidine groups is 1. The molecule has 1 aliphatic rings. The molecule has 2 rings (SSSR count). The van der Waals surface area contributed by atoms with Gasteiger partial charge >= 0.3 is 0 Å². The van der Waals surface area contributed by atoms with Crippen LogP contribution in [0.3, 0.4) is 0 Å². The van der Waals surface area contributed by atoms with Gasteiger partial charge in [0.05, 0.1) is 13.7 Å². The molecule has 23 heavy (non-hydrogen) atoms. The molecular formula is C18H29N3O2. The standard InChI is InChI=1S/C18H29N3O2/c1-14(23-17-9-5-4-8-16(17)22-3)13-21-18(19-2)20-12-6-7-15-10-11-15/h4-5,8-9,14-15H,6-7,10-13H2,1-3H3,(H2,19,20,21). The highest BCUT2D eigenvalue weighted by atomic mass is 16.5. The molecule has 128 valence electrons. The van der Waals surface area contributed by atoms with E-state index in [4.69, 9.17) is 9.47 Å². The van der Waals surface area contributed by atoms with Crippen LogP contribution < -0.4 is 20.1 Å². The van der Waals surface area contributed by atoms with Crippen LogP contribution in [0.25, 0.3) is 0 Å². The average molecular weight is 319 g/mol. The molecule has 1 aromatic carbocycles. The Morgan fingerprint density at radius 2 is 2.00 bits per heavy atom. The molecule has 1 unspecified atom stereocenters. The van der Waals surface area contributed by atoms with Crippen molar-refractivity contribution in [1.82, 2.24) is 10.6 Å². The Balaban J connectivity index is 1.67. The summed E-state index contributed by atoms with van der Waals surface area (Å²) in [5.74, 6) is 3.33. The van der Waals surface area contributed by atoms with Gasteiger partial charge in [0.15, 0.2) is 17.5 Å². The van der Waals surface area contributed by atoms with Gasteiger partial charge in [-0.3, -0.25) is 4.99 Å². The molecule has 2 N–H and O–H groups in total. The molecule has 1 fully saturated rings. The van der Waals surface area contributed by atoms with E-state index < -0.39 is 0 Å². The average Bonchev–Trinajstić information content (AvgIpc) is 3.39. The Kier molecular flexibility index (Phi) is 7.04. The summed E-state index contributed by atoms with van der Waals surface area (Å²) in [6.45, 7) is 3.68. The van der Waals surface area contributed by atoms with Crippen molar-refractivity contribution in [2.75, 3.05) is 27.2 Å². The van der Waals surface area contributed by atoms with Crippen LogP contribution >= 0.6 is 0 Å². The van der Waals surface area contributed by atoms with E-state index in [9.17, 15) is 0 Å². The van der Waals surface area contributed by atoms with Crippen molar-refractivity contribution in [1.29, 1.82) is 0 Å². The van der Waals surface area contributed by atoms with Crippen molar-refractivity contribution < 1.29 is 9.47 Å². The van der Waals surface area contributed by atoms with E-state index in [1.54, 1.807) is 14.2 Å². The van der Waals surface area contributed by atoms with Gasteiger partial charge in [-0.15, -0.1) is 0 Å². The van der Waals surface area contributed by atoms with Crippen LogP contribution in [0, 0.1) is 5.92 Å². The summed E-state index contributed by atoms with van der Waals surface area (Å²) in [5.41, 5.74) is 0. The van der Waals surface area contributed by atoms with Gasteiger partial charge < -0.3 is 20.1 Å². The van der Waals surface area contributed by atoms with Crippen LogP contribution in [0.4, 0.5) is 0 Å². The van der Waals surface area contributed by atoms with Crippen molar-refractivity contribution in [3.63, 3.8) is 0 Å². The first-order valence-corrected chi connectivity index (χ1v) is 8.47. The molecule has 0 aliphatic heterocycles. The van der Waals surface area contributed by atoms with Crippen LogP contribution in [0.5, 0.6) is 11.5 Å². The number of nitrogens with one attached hydrogen (secondary N) is 2. The van der Waals surface area contributed by atoms with Gasteiger partial charge in [0, 0.05) is 13.6 Å². The molecule has 0 saturated heterocycles. The van der Waals surface area contributed by atoms with Gasteiger partial charge in [0.2, 0.25) is 0 Å². The smallest absolute Gasteiger partial charge is 0.191 e. The van der Waals surface area contributed by atoms with Crippen molar-refractivity contribution in [3.05, 3.63) is 24.3 Å². The number of para-hydroxylation sites is 2. The molecule has 1 aliphatic carbocycles. The zero-order valence-electron chi connectivity index (χ0n) is 14.5. The Bertz CT molecular complexity index is 501. The molecule has 1 aromatic rings. The Morgan fingerprint density at radius 3 is 2.65 bits per heavy atom. The first-order valence-electron chi connectivity index (χ1n) is 8.47. The van der Waals surface area contributed by atoms with Gasteiger partial charge in [0.25, 0.3) is 0 Å². The minimum atomic E-state index is 0.0105. The van der Waals surface area contributed by atoms with E-state index >= 15 is 0 Å². The molecule has 0 radical (unpaired) electrons. The highest BCUT2D eigenvalue weighted by Crippen LogP contribution is 2.33. The number of rotatable bonds is 9. The second-order valence-electron chi connectivity index (χ2n) is 6.04. The fourth-order valence-electron chi connectivity index (χ4n) is 2.44. The van der Waals surface area contributed by atoms with Crippen molar-refractivity contribution in [2.45, 2.75) is 38.7 Å². The summed E-state index contributed by atoms with van der Waals surface area (Å²) in [4.78, 5) is 4.25. The number of nitrogens with zero attached hydrogens (tertiary/aromatic N) is 1. The lowest BCUT2D eigenvalue weighted by Crippen LogP contribution is -2.42. The third kappa shape index (κ3) is 6.38. The van der Waals surface area contributed by atoms with Gasteiger partial charge in [-0.2, -0.15) is 0 Å². The van der Waals surface area contributed by atoms with Crippen LogP contribution in [0.15, 0.2) is 29.3 Å². The first kappa shape index (κ1) is 17.4. The zero-order chi connectivity index (χ0) is 16.5. The number of hydrogen-bond donors (Lipinski definition) is 2. The molecule has 0 aromatic heterocycles. The monoisotopic (exact) mass is 319 g/mol. The molecule has 0 bridgehead atoms. The maximum atomic E-state index is 5.93.